The lowest BCUT2D eigenvalue weighted by molar-refractivity contribution is -0.385. The molecule has 0 fully saturated rings. The van der Waals surface area contributed by atoms with Crippen LogP contribution in [0.25, 0.3) is 0 Å². The van der Waals surface area contributed by atoms with Gasteiger partial charge in [-0.05, 0) is 49.2 Å². The van der Waals surface area contributed by atoms with Crippen molar-refractivity contribution in [1.82, 2.24) is 0 Å². The van der Waals surface area contributed by atoms with Crippen LogP contribution in [0, 0.1) is 24.0 Å². The summed E-state index contributed by atoms with van der Waals surface area (Å²) >= 11 is 0. The zero-order chi connectivity index (χ0) is 16.8. The summed E-state index contributed by atoms with van der Waals surface area (Å²) in [5, 5.41) is 11.1. The first-order valence-electron chi connectivity index (χ1n) is 7.16. The van der Waals surface area contributed by atoms with Gasteiger partial charge in [0.1, 0.15) is 24.7 Å². The molecule has 0 amide bonds. The lowest BCUT2D eigenvalue weighted by Crippen LogP contribution is -2.10. The number of benzene rings is 2. The molecule has 0 spiro atoms. The second kappa shape index (κ2) is 7.49. The van der Waals surface area contributed by atoms with Crippen LogP contribution in [0.15, 0.2) is 36.4 Å². The van der Waals surface area contributed by atoms with E-state index in [0.717, 1.165) is 16.9 Å². The Morgan fingerprint density at radius 3 is 2.22 bits per heavy atom. The van der Waals surface area contributed by atoms with Crippen molar-refractivity contribution < 1.29 is 19.1 Å². The van der Waals surface area contributed by atoms with Gasteiger partial charge < -0.3 is 14.2 Å². The van der Waals surface area contributed by atoms with E-state index < -0.39 is 4.92 Å². The van der Waals surface area contributed by atoms with Crippen LogP contribution in [0.1, 0.15) is 11.1 Å². The van der Waals surface area contributed by atoms with Gasteiger partial charge in [0.05, 0.1) is 18.1 Å². The molecule has 0 atom stereocenters. The molecular weight excluding hydrogens is 298 g/mol. The third-order valence-electron chi connectivity index (χ3n) is 3.17. The number of nitrogens with zero attached hydrogens (tertiary/aromatic N) is 1. The summed E-state index contributed by atoms with van der Waals surface area (Å²) in [5.41, 5.74) is 2.11. The van der Waals surface area contributed by atoms with Crippen LogP contribution in [0.3, 0.4) is 0 Å². The first-order valence-corrected chi connectivity index (χ1v) is 7.16. The Kier molecular flexibility index (Phi) is 5.41. The molecule has 0 aliphatic heterocycles. The van der Waals surface area contributed by atoms with Crippen molar-refractivity contribution in [3.05, 3.63) is 57.6 Å². The van der Waals surface area contributed by atoms with Gasteiger partial charge in [0.15, 0.2) is 5.75 Å². The lowest BCUT2D eigenvalue weighted by Gasteiger charge is -2.10. The minimum Gasteiger partial charge on any atom is -0.496 e. The summed E-state index contributed by atoms with van der Waals surface area (Å²) in [7, 11) is 1.46. The van der Waals surface area contributed by atoms with Gasteiger partial charge in [0.2, 0.25) is 0 Å². The van der Waals surface area contributed by atoms with E-state index in [1.165, 1.54) is 19.2 Å². The number of rotatable bonds is 7. The summed E-state index contributed by atoms with van der Waals surface area (Å²) in [6.07, 6.45) is 0. The molecule has 0 aliphatic rings. The largest absolute Gasteiger partial charge is 0.496 e. The second-order valence-electron chi connectivity index (χ2n) is 5.11. The fraction of sp³-hybridized carbons (Fsp3) is 0.294. The summed E-state index contributed by atoms with van der Waals surface area (Å²) in [5.74, 6) is 1.37. The fourth-order valence-electron chi connectivity index (χ4n) is 2.22. The standard InChI is InChI=1S/C17H19NO5/c1-12-8-13(2)10-15(9-12)22-6-7-23-17-5-4-14(21-3)11-16(17)18(19)20/h4-5,8-11H,6-7H2,1-3H3. The predicted molar refractivity (Wildman–Crippen MR) is 86.6 cm³/mol. The Balaban J connectivity index is 1.94. The van der Waals surface area contributed by atoms with Gasteiger partial charge in [-0.1, -0.05) is 6.07 Å². The van der Waals surface area contributed by atoms with Gasteiger partial charge in [-0.2, -0.15) is 0 Å². The van der Waals surface area contributed by atoms with Crippen LogP contribution in [0.4, 0.5) is 5.69 Å². The highest BCUT2D eigenvalue weighted by Crippen LogP contribution is 2.30. The highest BCUT2D eigenvalue weighted by atomic mass is 16.6. The topological polar surface area (TPSA) is 70.8 Å². The quantitative estimate of drug-likeness (QED) is 0.442. The molecule has 2 aromatic carbocycles. The Labute approximate surface area is 134 Å². The van der Waals surface area contributed by atoms with E-state index in [1.807, 2.05) is 26.0 Å². The van der Waals surface area contributed by atoms with Crippen LogP contribution >= 0.6 is 0 Å². The van der Waals surface area contributed by atoms with E-state index in [1.54, 1.807) is 6.07 Å². The third kappa shape index (κ3) is 4.60. The summed E-state index contributed by atoms with van der Waals surface area (Å²) in [4.78, 5) is 10.6. The molecular formula is C17H19NO5. The SMILES string of the molecule is COc1ccc(OCCOc2cc(C)cc(C)c2)c([N+](=O)[O-])c1. The minimum absolute atomic E-state index is 0.129. The normalized spacial score (nSPS) is 10.2. The molecule has 0 saturated carbocycles. The average molecular weight is 317 g/mol. The highest BCUT2D eigenvalue weighted by molar-refractivity contribution is 5.50. The minimum atomic E-state index is -0.497. The van der Waals surface area contributed by atoms with Crippen molar-refractivity contribution in [3.8, 4) is 17.2 Å². The van der Waals surface area contributed by atoms with Crippen molar-refractivity contribution >= 4 is 5.69 Å². The zero-order valence-corrected chi connectivity index (χ0v) is 13.4. The fourth-order valence-corrected chi connectivity index (χ4v) is 2.22. The van der Waals surface area contributed by atoms with Gasteiger partial charge in [0.25, 0.3) is 0 Å². The van der Waals surface area contributed by atoms with E-state index in [2.05, 4.69) is 6.07 Å². The molecule has 6 heteroatoms. The van der Waals surface area contributed by atoms with Gasteiger partial charge in [-0.25, -0.2) is 0 Å². The van der Waals surface area contributed by atoms with Gasteiger partial charge >= 0.3 is 5.69 Å². The summed E-state index contributed by atoms with van der Waals surface area (Å²) in [6.45, 7) is 4.50. The number of ether oxygens (including phenoxy) is 3. The first kappa shape index (κ1) is 16.6. The van der Waals surface area contributed by atoms with E-state index in [-0.39, 0.29) is 18.0 Å². The number of hydrogen-bond acceptors (Lipinski definition) is 5. The second-order valence-corrected chi connectivity index (χ2v) is 5.11. The molecule has 0 heterocycles. The number of nitro groups is 1. The summed E-state index contributed by atoms with van der Waals surface area (Å²) in [6, 6.07) is 10.4. The molecule has 0 saturated heterocycles. The zero-order valence-electron chi connectivity index (χ0n) is 13.4. The van der Waals surface area contributed by atoms with Crippen LogP contribution in [0.2, 0.25) is 0 Å². The van der Waals surface area contributed by atoms with Crippen LogP contribution in [-0.4, -0.2) is 25.2 Å². The number of hydrogen-bond donors (Lipinski definition) is 0. The lowest BCUT2D eigenvalue weighted by atomic mass is 10.1. The Morgan fingerprint density at radius 2 is 1.61 bits per heavy atom. The van der Waals surface area contributed by atoms with Crippen molar-refractivity contribution in [1.29, 1.82) is 0 Å². The average Bonchev–Trinajstić information content (AvgIpc) is 2.50. The molecule has 6 nitrogen and oxygen atoms in total. The molecule has 0 radical (unpaired) electrons. The molecule has 0 bridgehead atoms. The molecule has 122 valence electrons. The number of nitro benzene ring substituents is 1. The molecule has 0 N–H and O–H groups in total. The van der Waals surface area contributed by atoms with Gasteiger partial charge in [0, 0.05) is 0 Å². The highest BCUT2D eigenvalue weighted by Gasteiger charge is 2.16. The van der Waals surface area contributed by atoms with Crippen molar-refractivity contribution in [2.24, 2.45) is 0 Å². The van der Waals surface area contributed by atoms with E-state index in [9.17, 15) is 10.1 Å². The molecule has 0 aromatic heterocycles. The van der Waals surface area contributed by atoms with Crippen LogP contribution in [0.5, 0.6) is 17.2 Å². The number of methoxy groups -OCH3 is 1. The molecule has 0 aliphatic carbocycles. The smallest absolute Gasteiger partial charge is 0.314 e. The maximum absolute atomic E-state index is 11.1. The maximum atomic E-state index is 11.1. The molecule has 2 rings (SSSR count). The Hall–Kier alpha value is -2.76. The maximum Gasteiger partial charge on any atom is 0.314 e. The first-order chi connectivity index (χ1) is 11.0. The number of aryl methyl sites for hydroxylation is 2. The monoisotopic (exact) mass is 317 g/mol. The summed E-state index contributed by atoms with van der Waals surface area (Å²) < 4.78 is 16.1. The molecule has 23 heavy (non-hydrogen) atoms. The third-order valence-corrected chi connectivity index (χ3v) is 3.17. The van der Waals surface area contributed by atoms with E-state index in [0.29, 0.717) is 12.4 Å². The Morgan fingerprint density at radius 1 is 0.957 bits per heavy atom. The van der Waals surface area contributed by atoms with Gasteiger partial charge in [-0.3, -0.25) is 10.1 Å². The van der Waals surface area contributed by atoms with Crippen molar-refractivity contribution in [2.45, 2.75) is 13.8 Å². The Bertz CT molecular complexity index is 679. The van der Waals surface area contributed by atoms with Gasteiger partial charge in [-0.15, -0.1) is 0 Å². The van der Waals surface area contributed by atoms with E-state index >= 15 is 0 Å². The van der Waals surface area contributed by atoms with Crippen LogP contribution < -0.4 is 14.2 Å². The van der Waals surface area contributed by atoms with Crippen molar-refractivity contribution in [2.75, 3.05) is 20.3 Å². The van der Waals surface area contributed by atoms with E-state index in [4.69, 9.17) is 14.2 Å². The van der Waals surface area contributed by atoms with Crippen LogP contribution in [-0.2, 0) is 0 Å². The van der Waals surface area contributed by atoms with Crippen molar-refractivity contribution in [3.63, 3.8) is 0 Å². The predicted octanol–water partition coefficient (Wildman–Crippen LogP) is 3.68. The molecule has 0 unspecified atom stereocenters. The molecule has 2 aromatic rings.